The highest BCUT2D eigenvalue weighted by molar-refractivity contribution is 4.78. The van der Waals surface area contributed by atoms with Gasteiger partial charge in [-0.2, -0.15) is 0 Å². The van der Waals surface area contributed by atoms with Gasteiger partial charge >= 0.3 is 0 Å². The zero-order chi connectivity index (χ0) is 12.1. The molecule has 2 unspecified atom stereocenters. The second-order valence-corrected chi connectivity index (χ2v) is 5.65. The van der Waals surface area contributed by atoms with E-state index in [0.717, 1.165) is 19.5 Å². The lowest BCUT2D eigenvalue weighted by atomic mass is 9.85. The molecule has 0 fully saturated rings. The Bertz CT molecular complexity index is 160. The first kappa shape index (κ1) is 14.9. The number of nitrogens with two attached hydrogens (primary N) is 1. The van der Waals surface area contributed by atoms with Gasteiger partial charge in [-0.1, -0.05) is 34.6 Å². The molecule has 2 N–H and O–H groups in total. The fourth-order valence-corrected chi connectivity index (χ4v) is 1.69. The van der Waals surface area contributed by atoms with Crippen LogP contribution in [0.3, 0.4) is 0 Å². The van der Waals surface area contributed by atoms with E-state index >= 15 is 0 Å². The number of rotatable bonds is 6. The lowest BCUT2D eigenvalue weighted by molar-refractivity contribution is 0.188. The molecule has 0 amide bonds. The first-order valence-corrected chi connectivity index (χ1v) is 6.32. The van der Waals surface area contributed by atoms with Gasteiger partial charge in [0.2, 0.25) is 0 Å². The lowest BCUT2D eigenvalue weighted by Crippen LogP contribution is -2.41. The third-order valence-corrected chi connectivity index (χ3v) is 3.46. The van der Waals surface area contributed by atoms with Crippen LogP contribution in [0.15, 0.2) is 0 Å². The lowest BCUT2D eigenvalue weighted by Gasteiger charge is -2.32. The van der Waals surface area contributed by atoms with Gasteiger partial charge in [-0.05, 0) is 38.3 Å². The molecule has 0 bridgehead atoms. The standard InChI is InChI=1S/C13H30N2/c1-7-11(3)15(8-2)10-9-12(14)13(4,5)6/h11-12H,7-10,14H2,1-6H3. The SMILES string of the molecule is CCC(C)N(CC)CCC(N)C(C)(C)C. The normalized spacial score (nSPS) is 16.8. The first-order valence-electron chi connectivity index (χ1n) is 6.32. The summed E-state index contributed by atoms with van der Waals surface area (Å²) < 4.78 is 0. The molecule has 0 aromatic rings. The van der Waals surface area contributed by atoms with Gasteiger partial charge in [0.15, 0.2) is 0 Å². The van der Waals surface area contributed by atoms with Gasteiger partial charge in [0.1, 0.15) is 0 Å². The minimum Gasteiger partial charge on any atom is -0.327 e. The molecular formula is C13H30N2. The zero-order valence-corrected chi connectivity index (χ0v) is 11.5. The molecule has 15 heavy (non-hydrogen) atoms. The van der Waals surface area contributed by atoms with E-state index in [2.05, 4.69) is 46.4 Å². The van der Waals surface area contributed by atoms with E-state index in [1.54, 1.807) is 0 Å². The van der Waals surface area contributed by atoms with Gasteiger partial charge in [0.25, 0.3) is 0 Å². The second kappa shape index (κ2) is 6.49. The largest absolute Gasteiger partial charge is 0.327 e. The Kier molecular flexibility index (Phi) is 6.46. The molecule has 0 rings (SSSR count). The molecule has 0 aromatic heterocycles. The van der Waals surface area contributed by atoms with Gasteiger partial charge in [0, 0.05) is 12.1 Å². The van der Waals surface area contributed by atoms with Crippen molar-refractivity contribution < 1.29 is 0 Å². The van der Waals surface area contributed by atoms with Gasteiger partial charge in [0.05, 0.1) is 0 Å². The molecule has 0 spiro atoms. The van der Waals surface area contributed by atoms with Crippen molar-refractivity contribution in [2.75, 3.05) is 13.1 Å². The Hall–Kier alpha value is -0.0800. The molecule has 2 atom stereocenters. The summed E-state index contributed by atoms with van der Waals surface area (Å²) in [4.78, 5) is 2.52. The van der Waals surface area contributed by atoms with E-state index < -0.39 is 0 Å². The van der Waals surface area contributed by atoms with Crippen LogP contribution in [0, 0.1) is 5.41 Å². The molecule has 0 aromatic carbocycles. The molecule has 0 heterocycles. The Morgan fingerprint density at radius 1 is 1.20 bits per heavy atom. The summed E-state index contributed by atoms with van der Waals surface area (Å²) in [5, 5.41) is 0. The minimum atomic E-state index is 0.231. The van der Waals surface area contributed by atoms with Crippen LogP contribution in [0.5, 0.6) is 0 Å². The maximum atomic E-state index is 6.17. The van der Waals surface area contributed by atoms with Gasteiger partial charge in [-0.3, -0.25) is 0 Å². The van der Waals surface area contributed by atoms with Crippen molar-refractivity contribution in [2.45, 2.75) is 66.5 Å². The fourth-order valence-electron chi connectivity index (χ4n) is 1.69. The molecule has 0 aliphatic carbocycles. The quantitative estimate of drug-likeness (QED) is 0.736. The van der Waals surface area contributed by atoms with E-state index in [4.69, 9.17) is 5.73 Å². The van der Waals surface area contributed by atoms with E-state index in [1.807, 2.05) is 0 Å². The highest BCUT2D eigenvalue weighted by Gasteiger charge is 2.21. The molecule has 2 heteroatoms. The van der Waals surface area contributed by atoms with Crippen molar-refractivity contribution in [3.8, 4) is 0 Å². The van der Waals surface area contributed by atoms with Crippen LogP contribution < -0.4 is 5.73 Å². The third-order valence-electron chi connectivity index (χ3n) is 3.46. The summed E-state index contributed by atoms with van der Waals surface area (Å²) >= 11 is 0. The van der Waals surface area contributed by atoms with Crippen LogP contribution in [-0.4, -0.2) is 30.1 Å². The van der Waals surface area contributed by atoms with Crippen LogP contribution in [0.1, 0.15) is 54.4 Å². The predicted molar refractivity (Wildman–Crippen MR) is 69.0 cm³/mol. The maximum absolute atomic E-state index is 6.17. The Balaban J connectivity index is 4.01. The summed E-state index contributed by atoms with van der Waals surface area (Å²) in [5.41, 5.74) is 6.40. The third kappa shape index (κ3) is 5.53. The van der Waals surface area contributed by atoms with Gasteiger partial charge < -0.3 is 10.6 Å². The highest BCUT2D eigenvalue weighted by Crippen LogP contribution is 2.20. The number of hydrogen-bond acceptors (Lipinski definition) is 2. The summed E-state index contributed by atoms with van der Waals surface area (Å²) in [6, 6.07) is 0.984. The van der Waals surface area contributed by atoms with Crippen LogP contribution in [0.2, 0.25) is 0 Å². The zero-order valence-electron chi connectivity index (χ0n) is 11.5. The summed E-state index contributed by atoms with van der Waals surface area (Å²) in [6.45, 7) is 15.7. The van der Waals surface area contributed by atoms with Crippen LogP contribution in [0.25, 0.3) is 0 Å². The van der Waals surface area contributed by atoms with Crippen LogP contribution in [-0.2, 0) is 0 Å². The average molecular weight is 214 g/mol. The monoisotopic (exact) mass is 214 g/mol. The molecule has 0 radical (unpaired) electrons. The summed E-state index contributed by atoms with van der Waals surface area (Å²) in [7, 11) is 0. The van der Waals surface area contributed by atoms with E-state index in [-0.39, 0.29) is 5.41 Å². The maximum Gasteiger partial charge on any atom is 0.00998 e. The molecule has 92 valence electrons. The van der Waals surface area contributed by atoms with Crippen molar-refractivity contribution in [3.05, 3.63) is 0 Å². The smallest absolute Gasteiger partial charge is 0.00998 e. The van der Waals surface area contributed by atoms with Crippen molar-refractivity contribution in [1.82, 2.24) is 4.90 Å². The molecule has 0 aliphatic rings. The first-order chi connectivity index (χ1) is 6.82. The van der Waals surface area contributed by atoms with Crippen molar-refractivity contribution >= 4 is 0 Å². The molecule has 0 saturated carbocycles. The summed E-state index contributed by atoms with van der Waals surface area (Å²) in [6.07, 6.45) is 2.32. The van der Waals surface area contributed by atoms with Crippen molar-refractivity contribution in [3.63, 3.8) is 0 Å². The van der Waals surface area contributed by atoms with E-state index in [9.17, 15) is 0 Å². The molecule has 0 saturated heterocycles. The highest BCUT2D eigenvalue weighted by atomic mass is 15.1. The van der Waals surface area contributed by atoms with Gasteiger partial charge in [-0.25, -0.2) is 0 Å². The number of nitrogens with zero attached hydrogens (tertiary/aromatic N) is 1. The van der Waals surface area contributed by atoms with E-state index in [1.165, 1.54) is 6.42 Å². The molecule has 2 nitrogen and oxygen atoms in total. The van der Waals surface area contributed by atoms with Gasteiger partial charge in [-0.15, -0.1) is 0 Å². The molecule has 0 aliphatic heterocycles. The number of hydrogen-bond donors (Lipinski definition) is 1. The predicted octanol–water partition coefficient (Wildman–Crippen LogP) is 2.87. The Morgan fingerprint density at radius 2 is 1.73 bits per heavy atom. The Labute approximate surface area is 96.2 Å². The fraction of sp³-hybridized carbons (Fsp3) is 1.00. The van der Waals surface area contributed by atoms with Crippen molar-refractivity contribution in [2.24, 2.45) is 11.1 Å². The topological polar surface area (TPSA) is 29.3 Å². The average Bonchev–Trinajstić information content (AvgIpc) is 2.16. The minimum absolute atomic E-state index is 0.231. The molecular weight excluding hydrogens is 184 g/mol. The van der Waals surface area contributed by atoms with Crippen LogP contribution in [0.4, 0.5) is 0 Å². The Morgan fingerprint density at radius 3 is 2.07 bits per heavy atom. The van der Waals surface area contributed by atoms with E-state index in [0.29, 0.717) is 12.1 Å². The second-order valence-electron chi connectivity index (χ2n) is 5.65. The van der Waals surface area contributed by atoms with Crippen LogP contribution >= 0.6 is 0 Å². The van der Waals surface area contributed by atoms with Crippen molar-refractivity contribution in [1.29, 1.82) is 0 Å². The summed E-state index contributed by atoms with van der Waals surface area (Å²) in [5.74, 6) is 0.